The summed E-state index contributed by atoms with van der Waals surface area (Å²) >= 11 is 0. The van der Waals surface area contributed by atoms with E-state index in [1.807, 2.05) is 11.1 Å². The molecule has 2 amide bonds. The zero-order valence-electron chi connectivity index (χ0n) is 20.6. The predicted octanol–water partition coefficient (Wildman–Crippen LogP) is 6.02. The fourth-order valence-electron chi connectivity index (χ4n) is 6.12. The SMILES string of the molecule is CN(C)C1(c2ccccc2)CCC(NC(=O)N2CCCC(c3c[nH]c4ccc(F)cc34)C2)CC1.Cl. The number of nitrogens with one attached hydrogen (secondary N) is 2. The van der Waals surface area contributed by atoms with Crippen molar-refractivity contribution in [1.82, 2.24) is 20.1 Å². The van der Waals surface area contributed by atoms with E-state index in [-0.39, 0.29) is 41.8 Å². The summed E-state index contributed by atoms with van der Waals surface area (Å²) in [6.45, 7) is 1.45. The third-order valence-corrected chi connectivity index (χ3v) is 8.13. The molecule has 1 unspecified atom stereocenters. The maximum Gasteiger partial charge on any atom is 0.317 e. The number of aromatic nitrogens is 1. The van der Waals surface area contributed by atoms with Crippen LogP contribution < -0.4 is 5.32 Å². The van der Waals surface area contributed by atoms with Crippen LogP contribution in [-0.2, 0) is 5.54 Å². The molecule has 0 radical (unpaired) electrons. The standard InChI is InChI=1S/C28H35FN4O.ClH/c1-32(2)28(21-8-4-3-5-9-21)14-12-23(13-15-28)31-27(34)33-16-6-7-20(19-33)25-18-30-26-11-10-22(29)17-24(25)26;/h3-5,8-11,17-18,20,23,30H,6-7,12-16,19H2,1-2H3,(H,31,34);1H. The zero-order valence-corrected chi connectivity index (χ0v) is 21.4. The number of carbonyl (C=O) groups excluding carboxylic acids is 1. The molecule has 1 aliphatic heterocycles. The van der Waals surface area contributed by atoms with Gasteiger partial charge < -0.3 is 15.2 Å². The van der Waals surface area contributed by atoms with Crippen LogP contribution in [0.3, 0.4) is 0 Å². The van der Waals surface area contributed by atoms with Gasteiger partial charge in [0.2, 0.25) is 0 Å². The van der Waals surface area contributed by atoms with Gasteiger partial charge in [0, 0.05) is 47.7 Å². The average Bonchev–Trinajstić information content (AvgIpc) is 3.28. The largest absolute Gasteiger partial charge is 0.361 e. The summed E-state index contributed by atoms with van der Waals surface area (Å²) in [6.07, 6.45) is 7.95. The summed E-state index contributed by atoms with van der Waals surface area (Å²) in [5.41, 5.74) is 3.45. The van der Waals surface area contributed by atoms with Gasteiger partial charge in [-0.2, -0.15) is 0 Å². The first-order valence-corrected chi connectivity index (χ1v) is 12.5. The smallest absolute Gasteiger partial charge is 0.317 e. The second-order valence-corrected chi connectivity index (χ2v) is 10.2. The first-order chi connectivity index (χ1) is 16.5. The van der Waals surface area contributed by atoms with E-state index in [9.17, 15) is 9.18 Å². The van der Waals surface area contributed by atoms with E-state index in [4.69, 9.17) is 0 Å². The van der Waals surface area contributed by atoms with Crippen LogP contribution in [0.25, 0.3) is 10.9 Å². The maximum absolute atomic E-state index is 13.8. The van der Waals surface area contributed by atoms with Crippen LogP contribution in [0.15, 0.2) is 54.7 Å². The highest BCUT2D eigenvalue weighted by Gasteiger charge is 2.39. The molecule has 2 fully saturated rings. The van der Waals surface area contributed by atoms with E-state index in [1.165, 1.54) is 11.6 Å². The number of carbonyl (C=O) groups is 1. The molecule has 0 spiro atoms. The summed E-state index contributed by atoms with van der Waals surface area (Å²) in [7, 11) is 4.33. The molecule has 7 heteroatoms. The van der Waals surface area contributed by atoms with Gasteiger partial charge in [0.05, 0.1) is 0 Å². The second kappa shape index (κ2) is 10.6. The lowest BCUT2D eigenvalue weighted by molar-refractivity contribution is 0.0848. The van der Waals surface area contributed by atoms with Crippen LogP contribution in [0.1, 0.15) is 55.6 Å². The van der Waals surface area contributed by atoms with E-state index in [2.05, 4.69) is 59.6 Å². The molecule has 188 valence electrons. The fourth-order valence-corrected chi connectivity index (χ4v) is 6.12. The van der Waals surface area contributed by atoms with E-state index in [0.717, 1.165) is 61.5 Å². The number of nitrogens with zero attached hydrogens (tertiary/aromatic N) is 2. The fraction of sp³-hybridized carbons (Fsp3) is 0.464. The van der Waals surface area contributed by atoms with E-state index in [1.54, 1.807) is 12.1 Å². The van der Waals surface area contributed by atoms with E-state index < -0.39 is 0 Å². The number of hydrogen-bond donors (Lipinski definition) is 2. The first-order valence-electron chi connectivity index (χ1n) is 12.5. The Morgan fingerprint density at radius 1 is 1.11 bits per heavy atom. The van der Waals surface area contributed by atoms with Crippen molar-refractivity contribution in [3.05, 3.63) is 71.7 Å². The third-order valence-electron chi connectivity index (χ3n) is 8.13. The Morgan fingerprint density at radius 2 is 1.86 bits per heavy atom. The van der Waals surface area contributed by atoms with Crippen molar-refractivity contribution in [2.45, 2.75) is 56.0 Å². The molecule has 5 nitrogen and oxygen atoms in total. The number of piperidine rings is 1. The second-order valence-electron chi connectivity index (χ2n) is 10.2. The molecule has 35 heavy (non-hydrogen) atoms. The Labute approximate surface area is 213 Å². The van der Waals surface area contributed by atoms with Crippen LogP contribution in [0, 0.1) is 5.82 Å². The number of urea groups is 1. The molecule has 2 aromatic carbocycles. The number of aromatic amines is 1. The van der Waals surface area contributed by atoms with Gasteiger partial charge in [0.15, 0.2) is 0 Å². The molecule has 2 aliphatic rings. The molecule has 1 aliphatic carbocycles. The van der Waals surface area contributed by atoms with Gasteiger partial charge in [-0.15, -0.1) is 12.4 Å². The average molecular weight is 499 g/mol. The minimum Gasteiger partial charge on any atom is -0.361 e. The maximum atomic E-state index is 13.8. The van der Waals surface area contributed by atoms with Gasteiger partial charge in [0.25, 0.3) is 0 Å². The molecule has 1 saturated carbocycles. The highest BCUT2D eigenvalue weighted by Crippen LogP contribution is 2.41. The van der Waals surface area contributed by atoms with Gasteiger partial charge >= 0.3 is 6.03 Å². The quantitative estimate of drug-likeness (QED) is 0.462. The minimum absolute atomic E-state index is 0. The Morgan fingerprint density at radius 3 is 2.57 bits per heavy atom. The number of H-pyrrole nitrogens is 1. The monoisotopic (exact) mass is 498 g/mol. The van der Waals surface area contributed by atoms with Gasteiger partial charge in [-0.25, -0.2) is 9.18 Å². The topological polar surface area (TPSA) is 51.4 Å². The molecular weight excluding hydrogens is 463 g/mol. The lowest BCUT2D eigenvalue weighted by atomic mass is 9.74. The number of fused-ring (bicyclic) bond motifs is 1. The Balaban J connectivity index is 0.00000289. The van der Waals surface area contributed by atoms with Gasteiger partial charge in [-0.05, 0) is 81.9 Å². The predicted molar refractivity (Wildman–Crippen MR) is 142 cm³/mol. The Kier molecular flexibility index (Phi) is 7.72. The van der Waals surface area contributed by atoms with Gasteiger partial charge in [-0.3, -0.25) is 4.90 Å². The number of hydrogen-bond acceptors (Lipinski definition) is 2. The van der Waals surface area contributed by atoms with Gasteiger partial charge in [-0.1, -0.05) is 30.3 Å². The van der Waals surface area contributed by atoms with Crippen LogP contribution >= 0.6 is 12.4 Å². The molecule has 1 aromatic heterocycles. The van der Waals surface area contributed by atoms with E-state index >= 15 is 0 Å². The van der Waals surface area contributed by atoms with Crippen molar-refractivity contribution in [3.63, 3.8) is 0 Å². The highest BCUT2D eigenvalue weighted by atomic mass is 35.5. The number of amides is 2. The zero-order chi connectivity index (χ0) is 23.7. The molecule has 5 rings (SSSR count). The van der Waals surface area contributed by atoms with Gasteiger partial charge in [0.1, 0.15) is 5.82 Å². The van der Waals surface area contributed by atoms with Crippen molar-refractivity contribution in [2.75, 3.05) is 27.2 Å². The summed E-state index contributed by atoms with van der Waals surface area (Å²) in [6, 6.07) is 15.9. The van der Waals surface area contributed by atoms with Crippen molar-refractivity contribution in [1.29, 1.82) is 0 Å². The van der Waals surface area contributed by atoms with Crippen molar-refractivity contribution < 1.29 is 9.18 Å². The Hall–Kier alpha value is -2.57. The summed E-state index contributed by atoms with van der Waals surface area (Å²) < 4.78 is 13.8. The van der Waals surface area contributed by atoms with Crippen molar-refractivity contribution >= 4 is 29.3 Å². The third kappa shape index (κ3) is 5.05. The number of rotatable bonds is 4. The van der Waals surface area contributed by atoms with Crippen LogP contribution in [-0.4, -0.2) is 54.0 Å². The lowest BCUT2D eigenvalue weighted by Gasteiger charge is -2.46. The molecular formula is C28H36ClFN4O. The number of benzene rings is 2. The molecule has 3 aromatic rings. The lowest BCUT2D eigenvalue weighted by Crippen LogP contribution is -2.52. The molecule has 2 N–H and O–H groups in total. The van der Waals surface area contributed by atoms with Crippen molar-refractivity contribution in [2.24, 2.45) is 0 Å². The number of likely N-dealkylation sites (tertiary alicyclic amines) is 1. The van der Waals surface area contributed by atoms with Crippen LogP contribution in [0.5, 0.6) is 0 Å². The normalized spacial score (nSPS) is 24.9. The summed E-state index contributed by atoms with van der Waals surface area (Å²) in [5.74, 6) is 0.00115. The molecule has 1 saturated heterocycles. The molecule has 1 atom stereocenters. The van der Waals surface area contributed by atoms with Crippen LogP contribution in [0.4, 0.5) is 9.18 Å². The van der Waals surface area contributed by atoms with Crippen LogP contribution in [0.2, 0.25) is 0 Å². The Bertz CT molecular complexity index is 1140. The first kappa shape index (κ1) is 25.5. The molecule has 0 bridgehead atoms. The number of halogens is 2. The minimum atomic E-state index is -0.222. The highest BCUT2D eigenvalue weighted by molar-refractivity contribution is 5.85. The van der Waals surface area contributed by atoms with Crippen molar-refractivity contribution in [3.8, 4) is 0 Å². The summed E-state index contributed by atoms with van der Waals surface area (Å²) in [5, 5.41) is 4.26. The molecule has 2 heterocycles. The summed E-state index contributed by atoms with van der Waals surface area (Å²) in [4.78, 5) is 20.8. The van der Waals surface area contributed by atoms with E-state index in [0.29, 0.717) is 6.54 Å².